The molecule has 3 aromatic rings. The lowest BCUT2D eigenvalue weighted by Crippen LogP contribution is -2.21. The number of nitrogens with one attached hydrogen (secondary N) is 1. The zero-order valence-corrected chi connectivity index (χ0v) is 15.6. The van der Waals surface area contributed by atoms with Crippen molar-refractivity contribution in [2.75, 3.05) is 11.9 Å². The summed E-state index contributed by atoms with van der Waals surface area (Å²) in [6, 6.07) is 5.56. The number of hydrogen-bond donors (Lipinski definition) is 1. The molecule has 0 aliphatic heterocycles. The molecule has 1 aromatic carbocycles. The van der Waals surface area contributed by atoms with Crippen LogP contribution in [0.15, 0.2) is 35.0 Å². The van der Waals surface area contributed by atoms with Gasteiger partial charge in [0.2, 0.25) is 5.95 Å². The molecule has 10 heteroatoms. The number of ether oxygens (including phenoxy) is 1. The molecular formula is C18H16ClF2N5O2. The van der Waals surface area contributed by atoms with Crippen molar-refractivity contribution in [3.05, 3.63) is 47.1 Å². The second-order valence-corrected chi connectivity index (χ2v) is 6.73. The van der Waals surface area contributed by atoms with Gasteiger partial charge in [-0.1, -0.05) is 11.6 Å². The Morgan fingerprint density at radius 3 is 2.61 bits per heavy atom. The van der Waals surface area contributed by atoms with Gasteiger partial charge in [0, 0.05) is 17.4 Å². The van der Waals surface area contributed by atoms with Crippen LogP contribution >= 0.6 is 11.6 Å². The van der Waals surface area contributed by atoms with Crippen LogP contribution in [0.2, 0.25) is 5.02 Å². The van der Waals surface area contributed by atoms with Gasteiger partial charge in [0.05, 0.1) is 17.7 Å². The lowest BCUT2D eigenvalue weighted by Gasteiger charge is -2.20. The third-order valence-electron chi connectivity index (χ3n) is 4.39. The number of alkyl halides is 2. The number of rotatable bonds is 7. The van der Waals surface area contributed by atoms with E-state index in [9.17, 15) is 8.78 Å². The first-order valence-corrected chi connectivity index (χ1v) is 9.03. The summed E-state index contributed by atoms with van der Waals surface area (Å²) >= 11 is 6.39. The Balaban J connectivity index is 1.53. The fourth-order valence-corrected chi connectivity index (χ4v) is 3.17. The van der Waals surface area contributed by atoms with Crippen molar-refractivity contribution in [2.24, 2.45) is 0 Å². The van der Waals surface area contributed by atoms with Gasteiger partial charge in [-0.2, -0.15) is 8.78 Å². The molecule has 0 unspecified atom stereocenters. The van der Waals surface area contributed by atoms with Gasteiger partial charge < -0.3 is 14.5 Å². The smallest absolute Gasteiger partial charge is 0.314 e. The molecule has 1 N–H and O–H groups in total. The molecule has 1 aliphatic rings. The minimum atomic E-state index is -2.82. The van der Waals surface area contributed by atoms with E-state index in [1.807, 2.05) is 25.1 Å². The number of halogens is 3. The Hall–Kier alpha value is -2.81. The van der Waals surface area contributed by atoms with Gasteiger partial charge in [0.15, 0.2) is 0 Å². The molecule has 146 valence electrons. The molecule has 1 aliphatic carbocycles. The molecule has 0 radical (unpaired) electrons. The van der Waals surface area contributed by atoms with Crippen LogP contribution in [0, 0.1) is 0 Å². The fraction of sp³-hybridized carbons (Fsp3) is 0.333. The lowest BCUT2D eigenvalue weighted by atomic mass is 10.0. The average Bonchev–Trinajstić information content (AvgIpc) is 3.27. The Morgan fingerprint density at radius 2 is 2.00 bits per heavy atom. The van der Waals surface area contributed by atoms with Gasteiger partial charge in [-0.15, -0.1) is 10.2 Å². The maximum absolute atomic E-state index is 12.6. The van der Waals surface area contributed by atoms with Gasteiger partial charge >= 0.3 is 6.43 Å². The summed E-state index contributed by atoms with van der Waals surface area (Å²) in [6.45, 7) is 2.48. The second kappa shape index (κ2) is 7.31. The topological polar surface area (TPSA) is 86.0 Å². The third kappa shape index (κ3) is 3.62. The minimum Gasteiger partial charge on any atom is -0.494 e. The highest BCUT2D eigenvalue weighted by atomic mass is 35.5. The summed E-state index contributed by atoms with van der Waals surface area (Å²) in [5, 5.41) is 10.8. The summed E-state index contributed by atoms with van der Waals surface area (Å²) in [5.41, 5.74) is 0.913. The first-order chi connectivity index (χ1) is 13.5. The van der Waals surface area contributed by atoms with Gasteiger partial charge in [0.25, 0.3) is 11.8 Å². The number of aromatic nitrogens is 4. The molecule has 1 saturated carbocycles. The van der Waals surface area contributed by atoms with Crippen LogP contribution in [0.25, 0.3) is 11.5 Å². The van der Waals surface area contributed by atoms with Crippen LogP contribution in [0.1, 0.15) is 37.6 Å². The highest BCUT2D eigenvalue weighted by Gasteiger charge is 2.46. The van der Waals surface area contributed by atoms with Gasteiger partial charge in [-0.25, -0.2) is 9.97 Å². The molecule has 4 rings (SSSR count). The maximum atomic E-state index is 12.6. The van der Waals surface area contributed by atoms with E-state index in [-0.39, 0.29) is 11.4 Å². The van der Waals surface area contributed by atoms with E-state index in [1.54, 1.807) is 0 Å². The molecule has 0 spiro atoms. The summed E-state index contributed by atoms with van der Waals surface area (Å²) in [4.78, 5) is 8.47. The summed E-state index contributed by atoms with van der Waals surface area (Å²) in [6.07, 6.45) is 1.79. The maximum Gasteiger partial charge on any atom is 0.314 e. The molecular weight excluding hydrogens is 392 g/mol. The number of anilines is 1. The molecule has 2 heterocycles. The Bertz CT molecular complexity index is 976. The predicted octanol–water partition coefficient (Wildman–Crippen LogP) is 4.62. The SMILES string of the molecule is CCOc1ccc(Cl)c(C2(Nc3ncc(-c4nnc(C(F)F)o4)cn3)CC2)c1. The molecule has 2 aromatic heterocycles. The van der Waals surface area contributed by atoms with Crippen molar-refractivity contribution in [1.82, 2.24) is 20.2 Å². The molecule has 0 saturated heterocycles. The largest absolute Gasteiger partial charge is 0.494 e. The number of benzene rings is 1. The molecule has 0 bridgehead atoms. The minimum absolute atomic E-state index is 0.0598. The van der Waals surface area contributed by atoms with Crippen LogP contribution in [0.3, 0.4) is 0 Å². The van der Waals surface area contributed by atoms with Crippen LogP contribution in [0.4, 0.5) is 14.7 Å². The van der Waals surface area contributed by atoms with E-state index in [0.717, 1.165) is 24.2 Å². The van der Waals surface area contributed by atoms with Crippen molar-refractivity contribution in [1.29, 1.82) is 0 Å². The first-order valence-electron chi connectivity index (χ1n) is 8.66. The van der Waals surface area contributed by atoms with Crippen molar-refractivity contribution < 1.29 is 17.9 Å². The monoisotopic (exact) mass is 407 g/mol. The van der Waals surface area contributed by atoms with Crippen LogP contribution in [0.5, 0.6) is 5.75 Å². The number of nitrogens with zero attached hydrogens (tertiary/aromatic N) is 4. The van der Waals surface area contributed by atoms with Crippen molar-refractivity contribution in [2.45, 2.75) is 31.7 Å². The van der Waals surface area contributed by atoms with E-state index < -0.39 is 12.3 Å². The van der Waals surface area contributed by atoms with Gasteiger partial charge in [0.1, 0.15) is 5.75 Å². The zero-order chi connectivity index (χ0) is 19.7. The molecule has 0 atom stereocenters. The van der Waals surface area contributed by atoms with E-state index in [4.69, 9.17) is 20.8 Å². The van der Waals surface area contributed by atoms with E-state index >= 15 is 0 Å². The molecule has 28 heavy (non-hydrogen) atoms. The summed E-state index contributed by atoms with van der Waals surface area (Å²) < 4.78 is 35.6. The van der Waals surface area contributed by atoms with Crippen molar-refractivity contribution in [3.8, 4) is 17.2 Å². The first kappa shape index (κ1) is 18.5. The molecule has 1 fully saturated rings. The molecule has 0 amide bonds. The highest BCUT2D eigenvalue weighted by molar-refractivity contribution is 6.31. The van der Waals surface area contributed by atoms with Gasteiger partial charge in [-0.3, -0.25) is 0 Å². The second-order valence-electron chi connectivity index (χ2n) is 6.32. The van der Waals surface area contributed by atoms with E-state index in [0.29, 0.717) is 23.1 Å². The van der Waals surface area contributed by atoms with Crippen LogP contribution in [-0.4, -0.2) is 26.8 Å². The summed E-state index contributed by atoms with van der Waals surface area (Å²) in [7, 11) is 0. The third-order valence-corrected chi connectivity index (χ3v) is 4.72. The molecule has 7 nitrogen and oxygen atoms in total. The van der Waals surface area contributed by atoms with E-state index in [2.05, 4.69) is 25.5 Å². The lowest BCUT2D eigenvalue weighted by molar-refractivity contribution is 0.116. The zero-order valence-electron chi connectivity index (χ0n) is 14.8. The standard InChI is InChI=1S/C18H16ClF2N5O2/c1-2-27-11-3-4-13(19)12(7-11)18(5-6-18)24-17-22-8-10(9-23-17)15-25-26-16(28-15)14(20)21/h3-4,7-9,14H,2,5-6H2,1H3,(H,22,23,24). The average molecular weight is 408 g/mol. The van der Waals surface area contributed by atoms with Crippen LogP contribution < -0.4 is 10.1 Å². The van der Waals surface area contributed by atoms with Crippen molar-refractivity contribution in [3.63, 3.8) is 0 Å². The predicted molar refractivity (Wildman–Crippen MR) is 97.4 cm³/mol. The fourth-order valence-electron chi connectivity index (χ4n) is 2.87. The Kier molecular flexibility index (Phi) is 4.84. The van der Waals surface area contributed by atoms with E-state index in [1.165, 1.54) is 12.4 Å². The number of hydrogen-bond acceptors (Lipinski definition) is 7. The normalized spacial score (nSPS) is 14.9. The van der Waals surface area contributed by atoms with Crippen molar-refractivity contribution >= 4 is 17.5 Å². The Morgan fingerprint density at radius 1 is 1.25 bits per heavy atom. The Labute approximate surface area is 164 Å². The highest BCUT2D eigenvalue weighted by Crippen LogP contribution is 2.50. The summed E-state index contributed by atoms with van der Waals surface area (Å²) in [5.74, 6) is 0.332. The quantitative estimate of drug-likeness (QED) is 0.611. The van der Waals surface area contributed by atoms with Gasteiger partial charge in [-0.05, 0) is 43.5 Å². The van der Waals surface area contributed by atoms with Crippen LogP contribution in [-0.2, 0) is 5.54 Å².